The first-order valence-electron chi connectivity index (χ1n) is 6.81. The minimum Gasteiger partial charge on any atom is -0.504 e. The third-order valence-corrected chi connectivity index (χ3v) is 2.87. The van der Waals surface area contributed by atoms with Gasteiger partial charge in [-0.3, -0.25) is 0 Å². The summed E-state index contributed by atoms with van der Waals surface area (Å²) in [5.74, 6) is 0.192. The van der Waals surface area contributed by atoms with Gasteiger partial charge in [-0.25, -0.2) is 4.79 Å². The zero-order chi connectivity index (χ0) is 16.0. The van der Waals surface area contributed by atoms with Crippen LogP contribution in [0.25, 0.3) is 0 Å². The highest BCUT2D eigenvalue weighted by Gasteiger charge is 2.20. The van der Waals surface area contributed by atoms with Gasteiger partial charge >= 0.3 is 6.09 Å². The molecule has 0 saturated heterocycles. The van der Waals surface area contributed by atoms with Crippen LogP contribution in [-0.2, 0) is 4.74 Å². The Morgan fingerprint density at radius 1 is 1.43 bits per heavy atom. The lowest BCUT2D eigenvalue weighted by Crippen LogP contribution is -2.36. The number of nitrogens with one attached hydrogen (secondary N) is 1. The Kier molecular flexibility index (Phi) is 5.84. The van der Waals surface area contributed by atoms with Crippen LogP contribution in [0.2, 0.25) is 0 Å². The lowest BCUT2D eigenvalue weighted by Gasteiger charge is -2.22. The van der Waals surface area contributed by atoms with Crippen LogP contribution in [0.5, 0.6) is 11.5 Å². The van der Waals surface area contributed by atoms with Gasteiger partial charge in [0.2, 0.25) is 0 Å². The Hall–Kier alpha value is -1.95. The van der Waals surface area contributed by atoms with E-state index in [4.69, 9.17) is 15.2 Å². The van der Waals surface area contributed by atoms with Crippen LogP contribution < -0.4 is 15.8 Å². The molecule has 0 bridgehead atoms. The summed E-state index contributed by atoms with van der Waals surface area (Å²) in [7, 11) is 1.48. The van der Waals surface area contributed by atoms with Gasteiger partial charge in [0.1, 0.15) is 5.60 Å². The molecule has 4 N–H and O–H groups in total. The Bertz CT molecular complexity index is 483. The van der Waals surface area contributed by atoms with Crippen molar-refractivity contribution < 1.29 is 19.4 Å². The fourth-order valence-electron chi connectivity index (χ4n) is 1.87. The molecule has 0 aliphatic carbocycles. The summed E-state index contributed by atoms with van der Waals surface area (Å²) < 4.78 is 10.2. The highest BCUT2D eigenvalue weighted by Crippen LogP contribution is 2.33. The molecule has 0 radical (unpaired) electrons. The van der Waals surface area contributed by atoms with Crippen molar-refractivity contribution in [3.63, 3.8) is 0 Å². The van der Waals surface area contributed by atoms with E-state index in [2.05, 4.69) is 5.32 Å². The number of hydrogen-bond acceptors (Lipinski definition) is 5. The summed E-state index contributed by atoms with van der Waals surface area (Å²) in [5, 5.41) is 12.8. The van der Waals surface area contributed by atoms with E-state index in [0.717, 1.165) is 0 Å². The van der Waals surface area contributed by atoms with Crippen molar-refractivity contribution in [1.29, 1.82) is 0 Å². The van der Waals surface area contributed by atoms with Gasteiger partial charge in [0.05, 0.1) is 7.11 Å². The second kappa shape index (κ2) is 7.17. The smallest absolute Gasteiger partial charge is 0.407 e. The van der Waals surface area contributed by atoms with Crippen LogP contribution in [0.1, 0.15) is 32.3 Å². The summed E-state index contributed by atoms with van der Waals surface area (Å²) in [4.78, 5) is 11.7. The molecule has 6 heteroatoms. The summed E-state index contributed by atoms with van der Waals surface area (Å²) in [6.45, 7) is 5.92. The molecule has 6 nitrogen and oxygen atoms in total. The highest BCUT2D eigenvalue weighted by molar-refractivity contribution is 5.67. The van der Waals surface area contributed by atoms with E-state index >= 15 is 0 Å². The average Bonchev–Trinajstić information content (AvgIpc) is 2.39. The van der Waals surface area contributed by atoms with Crippen LogP contribution in [0.4, 0.5) is 4.79 Å². The van der Waals surface area contributed by atoms with Gasteiger partial charge in [-0.1, -0.05) is 12.1 Å². The normalized spacial score (nSPS) is 12.6. The third kappa shape index (κ3) is 5.15. The molecule has 0 spiro atoms. The summed E-state index contributed by atoms with van der Waals surface area (Å²) in [5.41, 5.74) is 5.81. The Morgan fingerprint density at radius 3 is 2.62 bits per heavy atom. The predicted octanol–water partition coefficient (Wildman–Crippen LogP) is 1.97. The topological polar surface area (TPSA) is 93.8 Å². The maximum absolute atomic E-state index is 11.7. The van der Waals surface area contributed by atoms with Gasteiger partial charge < -0.3 is 25.6 Å². The van der Waals surface area contributed by atoms with Crippen LogP contribution >= 0.6 is 0 Å². The number of phenolic OH excluding ortho intramolecular Hbond substituents is 1. The van der Waals surface area contributed by atoms with Crippen molar-refractivity contribution in [1.82, 2.24) is 5.32 Å². The number of para-hydroxylation sites is 1. The zero-order valence-electron chi connectivity index (χ0n) is 13.0. The Labute approximate surface area is 125 Å². The van der Waals surface area contributed by atoms with Crippen molar-refractivity contribution in [3.05, 3.63) is 23.8 Å². The molecule has 1 amide bonds. The monoisotopic (exact) mass is 296 g/mol. The molecule has 0 saturated carbocycles. The Balaban J connectivity index is 2.74. The summed E-state index contributed by atoms with van der Waals surface area (Å²) >= 11 is 0. The molecule has 118 valence electrons. The molecule has 0 heterocycles. The Morgan fingerprint density at radius 2 is 2.10 bits per heavy atom. The van der Waals surface area contributed by atoms with E-state index in [0.29, 0.717) is 11.3 Å². The van der Waals surface area contributed by atoms with E-state index in [1.807, 2.05) is 0 Å². The number of hydrogen-bond donors (Lipinski definition) is 3. The van der Waals surface area contributed by atoms with E-state index in [9.17, 15) is 9.90 Å². The number of carbonyl (C=O) groups is 1. The fraction of sp³-hybridized carbons (Fsp3) is 0.533. The van der Waals surface area contributed by atoms with Gasteiger partial charge in [-0.05, 0) is 26.8 Å². The minimum absolute atomic E-state index is 0.0430. The minimum atomic E-state index is -0.555. The molecule has 21 heavy (non-hydrogen) atoms. The number of benzene rings is 1. The molecule has 0 aromatic heterocycles. The van der Waals surface area contributed by atoms with Crippen LogP contribution in [0.3, 0.4) is 0 Å². The summed E-state index contributed by atoms with van der Waals surface area (Å²) in [6.07, 6.45) is -0.511. The average molecular weight is 296 g/mol. The number of methoxy groups -OCH3 is 1. The molecule has 0 aliphatic heterocycles. The molecule has 0 fully saturated rings. The first-order valence-corrected chi connectivity index (χ1v) is 6.81. The van der Waals surface area contributed by atoms with E-state index < -0.39 is 11.7 Å². The van der Waals surface area contributed by atoms with Gasteiger partial charge in [0.15, 0.2) is 11.5 Å². The maximum Gasteiger partial charge on any atom is 0.407 e. The number of alkyl carbamates (subject to hydrolysis) is 1. The predicted molar refractivity (Wildman–Crippen MR) is 80.7 cm³/mol. The number of ether oxygens (including phenoxy) is 2. The van der Waals surface area contributed by atoms with E-state index in [1.165, 1.54) is 7.11 Å². The number of aromatic hydroxyl groups is 1. The lowest BCUT2D eigenvalue weighted by molar-refractivity contribution is 0.0524. The second-order valence-electron chi connectivity index (χ2n) is 5.71. The maximum atomic E-state index is 11.7. The lowest BCUT2D eigenvalue weighted by atomic mass is 9.98. The van der Waals surface area contributed by atoms with Gasteiger partial charge in [0.25, 0.3) is 0 Å². The largest absolute Gasteiger partial charge is 0.504 e. The molecule has 1 atom stereocenters. The van der Waals surface area contributed by atoms with Gasteiger partial charge in [-0.2, -0.15) is 0 Å². The van der Waals surface area contributed by atoms with Crippen molar-refractivity contribution in [2.24, 2.45) is 5.73 Å². The molecule has 1 aromatic rings. The second-order valence-corrected chi connectivity index (χ2v) is 5.71. The number of amides is 1. The van der Waals surface area contributed by atoms with Gasteiger partial charge in [-0.15, -0.1) is 0 Å². The van der Waals surface area contributed by atoms with Crippen molar-refractivity contribution in [3.8, 4) is 11.5 Å². The number of rotatable bonds is 5. The van der Waals surface area contributed by atoms with Crippen LogP contribution in [0.15, 0.2) is 18.2 Å². The molecular formula is C15H24N2O4. The van der Waals surface area contributed by atoms with E-state index in [-0.39, 0.29) is 24.8 Å². The molecule has 1 aromatic carbocycles. The van der Waals surface area contributed by atoms with Crippen LogP contribution in [-0.4, -0.2) is 37.0 Å². The number of phenols is 1. The molecular weight excluding hydrogens is 272 g/mol. The molecule has 1 unspecified atom stereocenters. The molecule has 0 aliphatic rings. The SMILES string of the molecule is COc1cccc(C(CN)CNC(=O)OC(C)(C)C)c1O. The van der Waals surface area contributed by atoms with Crippen molar-refractivity contribution >= 4 is 6.09 Å². The third-order valence-electron chi connectivity index (χ3n) is 2.87. The molecule has 1 rings (SSSR count). The summed E-state index contributed by atoms with van der Waals surface area (Å²) in [6, 6.07) is 5.18. The number of nitrogens with two attached hydrogens (primary N) is 1. The van der Waals surface area contributed by atoms with Crippen molar-refractivity contribution in [2.75, 3.05) is 20.2 Å². The van der Waals surface area contributed by atoms with Crippen LogP contribution in [0, 0.1) is 0 Å². The van der Waals surface area contributed by atoms with Crippen molar-refractivity contribution in [2.45, 2.75) is 32.3 Å². The number of carbonyl (C=O) groups excluding carboxylic acids is 1. The first kappa shape index (κ1) is 17.1. The first-order chi connectivity index (χ1) is 9.78. The fourth-order valence-corrected chi connectivity index (χ4v) is 1.87. The highest BCUT2D eigenvalue weighted by atomic mass is 16.6. The van der Waals surface area contributed by atoms with E-state index in [1.54, 1.807) is 39.0 Å². The zero-order valence-corrected chi connectivity index (χ0v) is 13.0. The van der Waals surface area contributed by atoms with Gasteiger partial charge in [0, 0.05) is 24.6 Å². The standard InChI is InChI=1S/C15H24N2O4/c1-15(2,3)21-14(19)17-9-10(8-16)11-6-5-7-12(20-4)13(11)18/h5-7,10,18H,8-9,16H2,1-4H3,(H,17,19). The quantitative estimate of drug-likeness (QED) is 0.772.